The molecule has 3 aromatic carbocycles. The summed E-state index contributed by atoms with van der Waals surface area (Å²) >= 11 is 0. The third-order valence-corrected chi connectivity index (χ3v) is 15.5. The van der Waals surface area contributed by atoms with Crippen molar-refractivity contribution in [2.45, 2.75) is 193 Å². The zero-order valence-corrected chi connectivity index (χ0v) is 48.7. The number of carbonyl (C=O) groups excluding carboxylic acids is 4. The maximum atomic E-state index is 13.5. The Bertz CT molecular complexity index is 2170. The molecule has 0 aliphatic carbocycles. The lowest BCUT2D eigenvalue weighted by molar-refractivity contribution is -0.244. The van der Waals surface area contributed by atoms with Crippen molar-refractivity contribution in [3.8, 4) is 17.6 Å². The molecule has 2 N–H and O–H groups in total. The summed E-state index contributed by atoms with van der Waals surface area (Å²) in [7, 11) is 1.62. The predicted octanol–water partition coefficient (Wildman–Crippen LogP) is 11.0. The van der Waals surface area contributed by atoms with E-state index in [0.29, 0.717) is 24.5 Å². The van der Waals surface area contributed by atoms with Crippen LogP contribution in [0.25, 0.3) is 0 Å². The molecular formula is C60H89N4O13P. The number of amides is 2. The molecule has 1 saturated heterocycles. The standard InChI is InChI=1S/C60H89N4O13P/c1-44(2)64(45(3)4)78(74-40-26-38-61)77-54(42-73-60(49-27-22-21-23-28-49,50-30-34-52(69-8)35-31-50)51-32-36-53(70-9)37-33-51)41-62-56(68)29-24-19-17-15-13-11-10-12-14-16-18-20-25-39-71-59-57(63-46(5)65)58(76-48(7)67)55(43-72-59)75-47(6)66/h21-23,27-28,30-37,44-45,54-55,57-59H,10-20,24-26,29,39-43H2,1-9H3,(H,62,68)(H,63,65)/t54-,55+,57+,58-,59+,78?/m0/s1. The van der Waals surface area contributed by atoms with Crippen molar-refractivity contribution in [1.82, 2.24) is 15.3 Å². The number of nitriles is 1. The van der Waals surface area contributed by atoms with E-state index in [4.69, 9.17) is 42.2 Å². The van der Waals surface area contributed by atoms with Crippen LogP contribution in [-0.2, 0) is 57.5 Å². The van der Waals surface area contributed by atoms with E-state index in [1.54, 1.807) is 14.2 Å². The van der Waals surface area contributed by atoms with Gasteiger partial charge in [0, 0.05) is 52.4 Å². The Labute approximate surface area is 466 Å². The Morgan fingerprint density at radius 1 is 0.705 bits per heavy atom. The molecule has 78 heavy (non-hydrogen) atoms. The van der Waals surface area contributed by atoms with Gasteiger partial charge in [-0.05, 0) is 81.5 Å². The SMILES string of the molecule is COc1ccc(C(OC[C@H](CNC(=O)CCCCCCCCCCCCCCCO[C@@H]2OC[C@@H](OC(C)=O)[C@H](OC(C)=O)[C@H]2NC(C)=O)OP(OCCC#N)N(C(C)C)C(C)C)(c2ccccc2)c2ccc(OC)cc2)cc1. The van der Waals surface area contributed by atoms with E-state index in [9.17, 15) is 24.4 Å². The lowest BCUT2D eigenvalue weighted by Gasteiger charge is -2.41. The van der Waals surface area contributed by atoms with Crippen molar-refractivity contribution in [1.29, 1.82) is 5.26 Å². The van der Waals surface area contributed by atoms with E-state index in [1.807, 2.05) is 66.7 Å². The molecule has 0 saturated carbocycles. The summed E-state index contributed by atoms with van der Waals surface area (Å²) in [5.41, 5.74) is 1.54. The Hall–Kier alpha value is -5.18. The Morgan fingerprint density at radius 2 is 1.22 bits per heavy atom. The minimum absolute atomic E-state index is 0.0205. The van der Waals surface area contributed by atoms with Gasteiger partial charge in [-0.3, -0.25) is 19.2 Å². The van der Waals surface area contributed by atoms with E-state index in [0.717, 1.165) is 68.1 Å². The summed E-state index contributed by atoms with van der Waals surface area (Å²) in [6.45, 7) is 13.1. The second kappa shape index (κ2) is 36.2. The number of unbranched alkanes of at least 4 members (excludes halogenated alkanes) is 12. The number of esters is 2. The average Bonchev–Trinajstić information content (AvgIpc) is 3.42. The van der Waals surface area contributed by atoms with Gasteiger partial charge in [-0.2, -0.15) is 5.26 Å². The Kier molecular flexibility index (Phi) is 30.3. The summed E-state index contributed by atoms with van der Waals surface area (Å²) in [4.78, 5) is 49.1. The van der Waals surface area contributed by atoms with Crippen LogP contribution in [0.5, 0.6) is 11.5 Å². The summed E-state index contributed by atoms with van der Waals surface area (Å²) in [5.74, 6) is -0.0734. The largest absolute Gasteiger partial charge is 0.497 e. The molecular weight excluding hydrogens is 1020 g/mol. The molecule has 0 spiro atoms. The van der Waals surface area contributed by atoms with Gasteiger partial charge in [-0.15, -0.1) is 0 Å². The quantitative estimate of drug-likeness (QED) is 0.0237. The van der Waals surface area contributed by atoms with Gasteiger partial charge in [0.1, 0.15) is 29.2 Å². The normalized spacial score (nSPS) is 17.3. The topological polar surface area (TPSA) is 202 Å². The third kappa shape index (κ3) is 22.2. The first-order chi connectivity index (χ1) is 37.6. The van der Waals surface area contributed by atoms with Crippen molar-refractivity contribution >= 4 is 32.3 Å². The predicted molar refractivity (Wildman–Crippen MR) is 300 cm³/mol. The molecule has 6 atom stereocenters. The highest BCUT2D eigenvalue weighted by molar-refractivity contribution is 7.44. The lowest BCUT2D eigenvalue weighted by Crippen LogP contribution is -2.62. The van der Waals surface area contributed by atoms with E-state index in [1.165, 1.54) is 52.9 Å². The molecule has 17 nitrogen and oxygen atoms in total. The lowest BCUT2D eigenvalue weighted by atomic mass is 9.80. The summed E-state index contributed by atoms with van der Waals surface area (Å²) in [6.07, 6.45) is 11.3. The fourth-order valence-electron chi connectivity index (χ4n) is 9.65. The zero-order valence-electron chi connectivity index (χ0n) is 47.8. The second-order valence-electron chi connectivity index (χ2n) is 20.3. The molecule has 2 amide bonds. The number of benzene rings is 3. The van der Waals surface area contributed by atoms with Gasteiger partial charge in [0.2, 0.25) is 11.8 Å². The Balaban J connectivity index is 1.25. The fraction of sp³-hybridized carbons (Fsp3) is 0.617. The molecule has 1 aliphatic heterocycles. The minimum atomic E-state index is -1.67. The number of methoxy groups -OCH3 is 2. The van der Waals surface area contributed by atoms with Gasteiger partial charge < -0.3 is 52.8 Å². The smallest absolute Gasteiger partial charge is 0.303 e. The van der Waals surface area contributed by atoms with Gasteiger partial charge in [-0.25, -0.2) is 4.67 Å². The number of hydrogen-bond donors (Lipinski definition) is 2. The van der Waals surface area contributed by atoms with Gasteiger partial charge in [0.05, 0.1) is 46.5 Å². The van der Waals surface area contributed by atoms with Crippen LogP contribution < -0.4 is 20.1 Å². The number of nitrogens with zero attached hydrogens (tertiary/aromatic N) is 2. The van der Waals surface area contributed by atoms with Crippen LogP contribution in [0, 0.1) is 11.3 Å². The van der Waals surface area contributed by atoms with Gasteiger partial charge in [0.15, 0.2) is 18.5 Å². The van der Waals surface area contributed by atoms with Crippen molar-refractivity contribution < 1.29 is 61.4 Å². The molecule has 0 radical (unpaired) electrons. The van der Waals surface area contributed by atoms with Crippen LogP contribution in [0.3, 0.4) is 0 Å². The van der Waals surface area contributed by atoms with E-state index < -0.39 is 56.7 Å². The van der Waals surface area contributed by atoms with Crippen LogP contribution in [0.4, 0.5) is 0 Å². The van der Waals surface area contributed by atoms with E-state index in [2.05, 4.69) is 61.2 Å². The fourth-order valence-corrected chi connectivity index (χ4v) is 11.3. The Morgan fingerprint density at radius 3 is 1.71 bits per heavy atom. The maximum Gasteiger partial charge on any atom is 0.303 e. The van der Waals surface area contributed by atoms with Crippen LogP contribution in [-0.4, -0.2) is 118 Å². The number of rotatable bonds is 38. The number of hydrogen-bond acceptors (Lipinski definition) is 15. The zero-order chi connectivity index (χ0) is 56.7. The van der Waals surface area contributed by atoms with E-state index >= 15 is 0 Å². The first-order valence-electron chi connectivity index (χ1n) is 28.0. The third-order valence-electron chi connectivity index (χ3n) is 13.3. The summed E-state index contributed by atoms with van der Waals surface area (Å²) in [5, 5.41) is 15.4. The molecule has 1 unspecified atom stereocenters. The summed E-state index contributed by atoms with van der Waals surface area (Å²) < 4.78 is 56.4. The van der Waals surface area contributed by atoms with Crippen molar-refractivity contribution in [2.24, 2.45) is 0 Å². The first kappa shape index (κ1) is 65.3. The van der Waals surface area contributed by atoms with E-state index in [-0.39, 0.29) is 56.7 Å². The molecule has 4 rings (SSSR count). The number of nitrogens with one attached hydrogen (secondary N) is 2. The molecule has 18 heteroatoms. The van der Waals surface area contributed by atoms with Crippen LogP contribution >= 0.6 is 8.53 Å². The second-order valence-corrected chi connectivity index (χ2v) is 21.7. The molecule has 0 bridgehead atoms. The highest BCUT2D eigenvalue weighted by atomic mass is 31.2. The summed E-state index contributed by atoms with van der Waals surface area (Å²) in [6, 6.07) is 27.3. The van der Waals surface area contributed by atoms with Crippen LogP contribution in [0.1, 0.15) is 161 Å². The molecule has 1 fully saturated rings. The molecule has 3 aromatic rings. The van der Waals surface area contributed by atoms with Crippen molar-refractivity contribution in [2.75, 3.05) is 47.2 Å². The average molecular weight is 1110 g/mol. The van der Waals surface area contributed by atoms with Crippen LogP contribution in [0.15, 0.2) is 78.9 Å². The highest BCUT2D eigenvalue weighted by Crippen LogP contribution is 2.48. The first-order valence-corrected chi connectivity index (χ1v) is 29.1. The van der Waals surface area contributed by atoms with Gasteiger partial charge >= 0.3 is 11.9 Å². The van der Waals surface area contributed by atoms with Gasteiger partial charge in [-0.1, -0.05) is 125 Å². The monoisotopic (exact) mass is 1100 g/mol. The van der Waals surface area contributed by atoms with Crippen molar-refractivity contribution in [3.05, 3.63) is 95.6 Å². The molecule has 432 valence electrons. The molecule has 1 heterocycles. The van der Waals surface area contributed by atoms with Crippen LogP contribution in [0.2, 0.25) is 0 Å². The molecule has 1 aliphatic rings. The van der Waals surface area contributed by atoms with Crippen molar-refractivity contribution in [3.63, 3.8) is 0 Å². The highest BCUT2D eigenvalue weighted by Gasteiger charge is 2.46. The number of carbonyl (C=O) groups is 4. The van der Waals surface area contributed by atoms with Gasteiger partial charge in [0.25, 0.3) is 8.53 Å². The molecule has 0 aromatic heterocycles. The maximum absolute atomic E-state index is 13.5. The minimum Gasteiger partial charge on any atom is -0.497 e. The number of ether oxygens (including phenoxy) is 7.